The van der Waals surface area contributed by atoms with Crippen molar-refractivity contribution in [3.8, 4) is 0 Å². The van der Waals surface area contributed by atoms with E-state index >= 15 is 0 Å². The number of nitrogens with zero attached hydrogens (tertiary/aromatic N) is 1. The summed E-state index contributed by atoms with van der Waals surface area (Å²) >= 11 is 0. The van der Waals surface area contributed by atoms with Gasteiger partial charge in [-0.25, -0.2) is 4.79 Å². The van der Waals surface area contributed by atoms with Crippen molar-refractivity contribution in [2.45, 2.75) is 38.5 Å². The van der Waals surface area contributed by atoms with Crippen molar-refractivity contribution in [2.75, 3.05) is 19.6 Å². The molecule has 1 fully saturated rings. The van der Waals surface area contributed by atoms with E-state index in [1.807, 2.05) is 4.90 Å². The lowest BCUT2D eigenvalue weighted by Gasteiger charge is -2.20. The summed E-state index contributed by atoms with van der Waals surface area (Å²) in [5.41, 5.74) is 0.987. The average Bonchev–Trinajstić information content (AvgIpc) is 2.76. The maximum absolute atomic E-state index is 11.9. The van der Waals surface area contributed by atoms with Gasteiger partial charge in [0.1, 0.15) is 0 Å². The van der Waals surface area contributed by atoms with E-state index in [-0.39, 0.29) is 23.8 Å². The van der Waals surface area contributed by atoms with Gasteiger partial charge in [0.15, 0.2) is 0 Å². The molecule has 1 heterocycles. The summed E-state index contributed by atoms with van der Waals surface area (Å²) in [6.45, 7) is 2.05. The molecule has 2 amide bonds. The lowest BCUT2D eigenvalue weighted by atomic mass is 10.1. The standard InChI is InChI=1S/C18H24N2O4/c21-16(13-14-6-8-15(9-7-14)18(23)24)19-10-4-12-20-11-3-1-2-5-17(20)22/h6-9H,1-5,10-13H2,(H,19,21)(H,23,24). The van der Waals surface area contributed by atoms with E-state index in [4.69, 9.17) is 5.11 Å². The van der Waals surface area contributed by atoms with Crippen molar-refractivity contribution >= 4 is 17.8 Å². The molecule has 0 atom stereocenters. The monoisotopic (exact) mass is 332 g/mol. The summed E-state index contributed by atoms with van der Waals surface area (Å²) in [6, 6.07) is 6.30. The Bertz CT molecular complexity index is 583. The molecule has 0 aliphatic carbocycles. The lowest BCUT2D eigenvalue weighted by Crippen LogP contribution is -2.34. The summed E-state index contributed by atoms with van der Waals surface area (Å²) in [5, 5.41) is 11.7. The number of amides is 2. The highest BCUT2D eigenvalue weighted by Crippen LogP contribution is 2.11. The van der Waals surface area contributed by atoms with Crippen LogP contribution < -0.4 is 5.32 Å². The zero-order valence-corrected chi connectivity index (χ0v) is 13.8. The highest BCUT2D eigenvalue weighted by atomic mass is 16.4. The van der Waals surface area contributed by atoms with Gasteiger partial charge in [-0.15, -0.1) is 0 Å². The largest absolute Gasteiger partial charge is 0.478 e. The fourth-order valence-electron chi connectivity index (χ4n) is 2.79. The third kappa shape index (κ3) is 5.68. The first-order valence-corrected chi connectivity index (χ1v) is 8.43. The first kappa shape index (κ1) is 18.0. The smallest absolute Gasteiger partial charge is 0.335 e. The van der Waals surface area contributed by atoms with Crippen LogP contribution in [-0.4, -0.2) is 47.4 Å². The Morgan fingerprint density at radius 3 is 2.58 bits per heavy atom. The highest BCUT2D eigenvalue weighted by Gasteiger charge is 2.15. The van der Waals surface area contributed by atoms with Crippen molar-refractivity contribution in [1.82, 2.24) is 10.2 Å². The molecule has 6 nitrogen and oxygen atoms in total. The number of aromatic carboxylic acids is 1. The van der Waals surface area contributed by atoms with Crippen molar-refractivity contribution in [3.63, 3.8) is 0 Å². The van der Waals surface area contributed by atoms with E-state index in [0.717, 1.165) is 37.8 Å². The molecule has 2 rings (SSSR count). The Kier molecular flexibility index (Phi) is 6.78. The molecular formula is C18H24N2O4. The van der Waals surface area contributed by atoms with Gasteiger partial charge in [0, 0.05) is 26.1 Å². The Balaban J connectivity index is 1.67. The van der Waals surface area contributed by atoms with E-state index in [1.165, 1.54) is 12.1 Å². The first-order chi connectivity index (χ1) is 11.6. The third-order valence-electron chi connectivity index (χ3n) is 4.16. The van der Waals surface area contributed by atoms with Crippen molar-refractivity contribution < 1.29 is 19.5 Å². The van der Waals surface area contributed by atoms with Crippen LogP contribution in [0.5, 0.6) is 0 Å². The highest BCUT2D eigenvalue weighted by molar-refractivity contribution is 5.87. The molecule has 6 heteroatoms. The van der Waals surface area contributed by atoms with Crippen molar-refractivity contribution in [2.24, 2.45) is 0 Å². The minimum absolute atomic E-state index is 0.0970. The number of rotatable bonds is 7. The Morgan fingerprint density at radius 1 is 1.12 bits per heavy atom. The second-order valence-electron chi connectivity index (χ2n) is 6.07. The molecule has 130 valence electrons. The number of carboxylic acid groups (broad SMARTS) is 1. The summed E-state index contributed by atoms with van der Waals surface area (Å²) in [6.07, 6.45) is 4.76. The maximum Gasteiger partial charge on any atom is 0.335 e. The summed E-state index contributed by atoms with van der Waals surface area (Å²) in [5.74, 6) is -0.855. The van der Waals surface area contributed by atoms with Crippen LogP contribution in [0.15, 0.2) is 24.3 Å². The van der Waals surface area contributed by atoms with Crippen LogP contribution in [0.3, 0.4) is 0 Å². The molecule has 0 spiro atoms. The van der Waals surface area contributed by atoms with Gasteiger partial charge in [-0.1, -0.05) is 18.6 Å². The Hall–Kier alpha value is -2.37. The number of nitrogens with one attached hydrogen (secondary N) is 1. The number of likely N-dealkylation sites (tertiary alicyclic amines) is 1. The number of hydrogen-bond donors (Lipinski definition) is 2. The fraction of sp³-hybridized carbons (Fsp3) is 0.500. The van der Waals surface area contributed by atoms with E-state index in [1.54, 1.807) is 12.1 Å². The van der Waals surface area contributed by atoms with Crippen LogP contribution >= 0.6 is 0 Å². The third-order valence-corrected chi connectivity index (χ3v) is 4.16. The number of carbonyl (C=O) groups excluding carboxylic acids is 2. The van der Waals surface area contributed by atoms with Gasteiger partial charge in [-0.05, 0) is 37.0 Å². The molecule has 2 N–H and O–H groups in total. The molecule has 1 aliphatic heterocycles. The van der Waals surface area contributed by atoms with Crippen LogP contribution in [0.4, 0.5) is 0 Å². The molecule has 0 bridgehead atoms. The predicted molar refractivity (Wildman–Crippen MR) is 89.8 cm³/mol. The van der Waals surface area contributed by atoms with Crippen LogP contribution in [0.1, 0.15) is 48.0 Å². The fourth-order valence-corrected chi connectivity index (χ4v) is 2.79. The Morgan fingerprint density at radius 2 is 1.88 bits per heavy atom. The molecule has 1 aliphatic rings. The molecule has 1 saturated heterocycles. The normalized spacial score (nSPS) is 15.0. The topological polar surface area (TPSA) is 86.7 Å². The number of carbonyl (C=O) groups is 3. The van der Waals surface area contributed by atoms with E-state index < -0.39 is 5.97 Å². The van der Waals surface area contributed by atoms with Gasteiger partial charge in [-0.3, -0.25) is 9.59 Å². The summed E-state index contributed by atoms with van der Waals surface area (Å²) < 4.78 is 0. The van der Waals surface area contributed by atoms with Gasteiger partial charge in [0.25, 0.3) is 0 Å². The lowest BCUT2D eigenvalue weighted by molar-refractivity contribution is -0.130. The average molecular weight is 332 g/mol. The van der Waals surface area contributed by atoms with Crippen molar-refractivity contribution in [3.05, 3.63) is 35.4 Å². The SMILES string of the molecule is O=C(Cc1ccc(C(=O)O)cc1)NCCCN1CCCCCC1=O. The molecule has 1 aromatic rings. The van der Waals surface area contributed by atoms with Crippen LogP contribution in [0, 0.1) is 0 Å². The molecule has 0 saturated carbocycles. The zero-order valence-electron chi connectivity index (χ0n) is 13.8. The second-order valence-corrected chi connectivity index (χ2v) is 6.07. The molecular weight excluding hydrogens is 308 g/mol. The minimum atomic E-state index is -0.978. The van der Waals surface area contributed by atoms with Gasteiger partial charge < -0.3 is 15.3 Å². The van der Waals surface area contributed by atoms with Gasteiger partial charge in [-0.2, -0.15) is 0 Å². The van der Waals surface area contributed by atoms with Crippen LogP contribution in [0.2, 0.25) is 0 Å². The van der Waals surface area contributed by atoms with E-state index in [0.29, 0.717) is 19.5 Å². The van der Waals surface area contributed by atoms with E-state index in [9.17, 15) is 14.4 Å². The summed E-state index contributed by atoms with van der Waals surface area (Å²) in [7, 11) is 0. The number of hydrogen-bond acceptors (Lipinski definition) is 3. The first-order valence-electron chi connectivity index (χ1n) is 8.43. The maximum atomic E-state index is 11.9. The molecule has 0 aromatic heterocycles. The van der Waals surface area contributed by atoms with Gasteiger partial charge >= 0.3 is 5.97 Å². The number of benzene rings is 1. The van der Waals surface area contributed by atoms with Gasteiger partial charge in [0.05, 0.1) is 12.0 Å². The van der Waals surface area contributed by atoms with Crippen LogP contribution in [0.25, 0.3) is 0 Å². The van der Waals surface area contributed by atoms with Crippen LogP contribution in [-0.2, 0) is 16.0 Å². The van der Waals surface area contributed by atoms with E-state index in [2.05, 4.69) is 5.32 Å². The minimum Gasteiger partial charge on any atom is -0.478 e. The summed E-state index contributed by atoms with van der Waals surface area (Å²) in [4.78, 5) is 36.4. The zero-order chi connectivity index (χ0) is 17.4. The number of carboxylic acids is 1. The van der Waals surface area contributed by atoms with Crippen molar-refractivity contribution in [1.29, 1.82) is 0 Å². The molecule has 0 radical (unpaired) electrons. The molecule has 24 heavy (non-hydrogen) atoms. The second kappa shape index (κ2) is 9.05. The molecule has 1 aromatic carbocycles. The van der Waals surface area contributed by atoms with Gasteiger partial charge in [0.2, 0.25) is 11.8 Å². The predicted octanol–water partition coefficient (Wildman–Crippen LogP) is 1.84. The quantitative estimate of drug-likeness (QED) is 0.746. The Labute approximate surface area is 141 Å². The molecule has 0 unspecified atom stereocenters.